The molecule has 0 saturated carbocycles. The first-order valence-electron chi connectivity index (χ1n) is 8.88. The molecule has 0 atom stereocenters. The highest BCUT2D eigenvalue weighted by Gasteiger charge is 2.22. The molecule has 1 N–H and O–H groups in total. The van der Waals surface area contributed by atoms with E-state index in [1.807, 2.05) is 0 Å². The highest BCUT2D eigenvalue weighted by molar-refractivity contribution is 7.92. The summed E-state index contributed by atoms with van der Waals surface area (Å²) in [5.74, 6) is -0.00512. The highest BCUT2D eigenvalue weighted by atomic mass is 32.2. The van der Waals surface area contributed by atoms with Crippen molar-refractivity contribution < 1.29 is 18.1 Å². The maximum atomic E-state index is 12.7. The molecule has 11 heteroatoms. The molecule has 1 saturated heterocycles. The van der Waals surface area contributed by atoms with Crippen LogP contribution in [0.15, 0.2) is 41.3 Å². The summed E-state index contributed by atoms with van der Waals surface area (Å²) in [7, 11) is -2.72. The fraction of sp³-hybridized carbons (Fsp3) is 0.278. The molecule has 1 aliphatic heterocycles. The van der Waals surface area contributed by atoms with Gasteiger partial charge in [0.05, 0.1) is 32.8 Å². The zero-order chi connectivity index (χ0) is 20.6. The summed E-state index contributed by atoms with van der Waals surface area (Å²) in [6.07, 6.45) is 2.30. The van der Waals surface area contributed by atoms with Gasteiger partial charge in [0.25, 0.3) is 10.0 Å². The van der Waals surface area contributed by atoms with Crippen molar-refractivity contribution in [3.8, 4) is 5.75 Å². The second-order valence-corrected chi connectivity index (χ2v) is 9.26. The quantitative estimate of drug-likeness (QED) is 0.465. The molecule has 1 aromatic heterocycles. The number of methoxy groups -OCH3 is 1. The van der Waals surface area contributed by atoms with Crippen LogP contribution in [0.1, 0.15) is 12.8 Å². The molecular formula is C18H18N4O5S2. The molecule has 0 unspecified atom stereocenters. The number of hydrogen-bond acceptors (Lipinski definition) is 8. The van der Waals surface area contributed by atoms with Crippen molar-refractivity contribution in [3.05, 3.63) is 46.5 Å². The summed E-state index contributed by atoms with van der Waals surface area (Å²) < 4.78 is 33.7. The van der Waals surface area contributed by atoms with Gasteiger partial charge in [-0.3, -0.25) is 14.8 Å². The molecule has 152 valence electrons. The van der Waals surface area contributed by atoms with Crippen LogP contribution in [0.4, 0.5) is 16.5 Å². The van der Waals surface area contributed by atoms with E-state index >= 15 is 0 Å². The smallest absolute Gasteiger partial charge is 0.312 e. The second-order valence-electron chi connectivity index (χ2n) is 6.57. The van der Waals surface area contributed by atoms with Crippen LogP contribution >= 0.6 is 11.3 Å². The number of fused-ring (bicyclic) bond motifs is 1. The molecule has 1 aliphatic rings. The Balaban J connectivity index is 1.63. The highest BCUT2D eigenvalue weighted by Crippen LogP contribution is 2.34. The second kappa shape index (κ2) is 7.48. The first-order chi connectivity index (χ1) is 13.9. The Morgan fingerprint density at radius 2 is 1.97 bits per heavy atom. The van der Waals surface area contributed by atoms with E-state index in [1.54, 1.807) is 18.2 Å². The van der Waals surface area contributed by atoms with Gasteiger partial charge in [0.1, 0.15) is 0 Å². The van der Waals surface area contributed by atoms with Crippen molar-refractivity contribution in [2.75, 3.05) is 29.8 Å². The molecule has 0 spiro atoms. The number of ether oxygens (including phenoxy) is 1. The number of rotatable bonds is 6. The van der Waals surface area contributed by atoms with Gasteiger partial charge in [-0.1, -0.05) is 11.3 Å². The van der Waals surface area contributed by atoms with Gasteiger partial charge in [-0.05, 0) is 43.2 Å². The van der Waals surface area contributed by atoms with Crippen LogP contribution < -0.4 is 14.4 Å². The standard InChI is InChI=1S/C18H18N4O5S2/c1-27-16-7-5-13(11-15(16)22(23)24)29(25,26)20-12-4-6-14-17(10-12)28-18(19-14)21-8-2-3-9-21/h4-7,10-11,20H,2-3,8-9H2,1H3. The van der Waals surface area contributed by atoms with Crippen molar-refractivity contribution in [1.29, 1.82) is 0 Å². The van der Waals surface area contributed by atoms with E-state index in [-0.39, 0.29) is 10.6 Å². The molecule has 9 nitrogen and oxygen atoms in total. The van der Waals surface area contributed by atoms with Crippen LogP contribution in [0.25, 0.3) is 10.2 Å². The van der Waals surface area contributed by atoms with Crippen molar-refractivity contribution in [1.82, 2.24) is 4.98 Å². The normalized spacial score (nSPS) is 14.3. The average Bonchev–Trinajstić information content (AvgIpc) is 3.36. The number of hydrogen-bond donors (Lipinski definition) is 1. The summed E-state index contributed by atoms with van der Waals surface area (Å²) in [5.41, 5.74) is 0.760. The molecule has 0 radical (unpaired) electrons. The molecule has 0 bridgehead atoms. The predicted molar refractivity (Wildman–Crippen MR) is 112 cm³/mol. The van der Waals surface area contributed by atoms with E-state index in [1.165, 1.54) is 30.6 Å². The Bertz CT molecular complexity index is 1190. The third-order valence-corrected chi connectivity index (χ3v) is 7.12. The van der Waals surface area contributed by atoms with Crippen LogP contribution in [-0.2, 0) is 10.0 Å². The Morgan fingerprint density at radius 3 is 2.66 bits per heavy atom. The number of nitrogens with zero attached hydrogens (tertiary/aromatic N) is 3. The van der Waals surface area contributed by atoms with Crippen LogP contribution in [-0.4, -0.2) is 38.5 Å². The molecule has 3 aromatic rings. The minimum Gasteiger partial charge on any atom is -0.490 e. The SMILES string of the molecule is COc1ccc(S(=O)(=O)Nc2ccc3nc(N4CCCC4)sc3c2)cc1[N+](=O)[O-]. The summed E-state index contributed by atoms with van der Waals surface area (Å²) >= 11 is 1.52. The molecule has 4 rings (SSSR count). The Labute approximate surface area is 171 Å². The minimum absolute atomic E-state index is 0.00512. The number of nitrogens with one attached hydrogen (secondary N) is 1. The average molecular weight is 434 g/mol. The van der Waals surface area contributed by atoms with Gasteiger partial charge in [-0.15, -0.1) is 0 Å². The largest absolute Gasteiger partial charge is 0.490 e. The van der Waals surface area contributed by atoms with E-state index in [9.17, 15) is 18.5 Å². The third-order valence-electron chi connectivity index (χ3n) is 4.66. The number of anilines is 2. The lowest BCUT2D eigenvalue weighted by atomic mass is 10.3. The minimum atomic E-state index is -4.01. The molecule has 2 heterocycles. The number of benzene rings is 2. The van der Waals surface area contributed by atoms with Gasteiger partial charge < -0.3 is 9.64 Å². The van der Waals surface area contributed by atoms with Crippen molar-refractivity contribution in [3.63, 3.8) is 0 Å². The van der Waals surface area contributed by atoms with Gasteiger partial charge in [-0.25, -0.2) is 13.4 Å². The first kappa shape index (κ1) is 19.4. The number of thiazole rings is 1. The van der Waals surface area contributed by atoms with E-state index in [2.05, 4.69) is 14.6 Å². The van der Waals surface area contributed by atoms with Crippen molar-refractivity contribution >= 4 is 48.1 Å². The fourth-order valence-electron chi connectivity index (χ4n) is 3.21. The Kier molecular flexibility index (Phi) is 5.01. The third kappa shape index (κ3) is 3.83. The van der Waals surface area contributed by atoms with Crippen LogP contribution in [0, 0.1) is 10.1 Å². The van der Waals surface area contributed by atoms with Crippen molar-refractivity contribution in [2.45, 2.75) is 17.7 Å². The van der Waals surface area contributed by atoms with Gasteiger partial charge in [-0.2, -0.15) is 0 Å². The topological polar surface area (TPSA) is 115 Å². The summed E-state index contributed by atoms with van der Waals surface area (Å²) in [5, 5.41) is 12.1. The Morgan fingerprint density at radius 1 is 1.21 bits per heavy atom. The number of aromatic nitrogens is 1. The fourth-order valence-corrected chi connectivity index (χ4v) is 5.34. The first-order valence-corrected chi connectivity index (χ1v) is 11.2. The Hall–Kier alpha value is -2.92. The number of sulfonamides is 1. The van der Waals surface area contributed by atoms with E-state index in [0.29, 0.717) is 5.69 Å². The van der Waals surface area contributed by atoms with Gasteiger partial charge in [0, 0.05) is 19.2 Å². The van der Waals surface area contributed by atoms with Crippen molar-refractivity contribution in [2.24, 2.45) is 0 Å². The summed E-state index contributed by atoms with van der Waals surface area (Å²) in [6.45, 7) is 1.96. The van der Waals surface area contributed by atoms with Crippen LogP contribution in [0.2, 0.25) is 0 Å². The maximum Gasteiger partial charge on any atom is 0.312 e. The lowest BCUT2D eigenvalue weighted by Gasteiger charge is -2.11. The number of nitro benzene ring substituents is 1. The zero-order valence-electron chi connectivity index (χ0n) is 15.5. The van der Waals surface area contributed by atoms with E-state index in [0.717, 1.165) is 47.3 Å². The predicted octanol–water partition coefficient (Wildman–Crippen LogP) is 3.61. The zero-order valence-corrected chi connectivity index (χ0v) is 17.1. The van der Waals surface area contributed by atoms with Gasteiger partial charge in [0.15, 0.2) is 10.9 Å². The number of nitro groups is 1. The van der Waals surface area contributed by atoms with Crippen LogP contribution in [0.5, 0.6) is 5.75 Å². The molecule has 2 aromatic carbocycles. The molecule has 0 aliphatic carbocycles. The van der Waals surface area contributed by atoms with E-state index in [4.69, 9.17) is 4.74 Å². The van der Waals surface area contributed by atoms with E-state index < -0.39 is 20.6 Å². The van der Waals surface area contributed by atoms with Crippen LogP contribution in [0.3, 0.4) is 0 Å². The molecular weight excluding hydrogens is 416 g/mol. The molecule has 0 amide bonds. The lowest BCUT2D eigenvalue weighted by Crippen LogP contribution is -2.16. The summed E-state index contributed by atoms with van der Waals surface area (Å²) in [4.78, 5) is 17.1. The monoisotopic (exact) mass is 434 g/mol. The molecule has 29 heavy (non-hydrogen) atoms. The molecule has 1 fully saturated rings. The van der Waals surface area contributed by atoms with Gasteiger partial charge in [0.2, 0.25) is 0 Å². The van der Waals surface area contributed by atoms with Gasteiger partial charge >= 0.3 is 5.69 Å². The summed E-state index contributed by atoms with van der Waals surface area (Å²) in [6, 6.07) is 8.64. The lowest BCUT2D eigenvalue weighted by molar-refractivity contribution is -0.386. The maximum absolute atomic E-state index is 12.7.